The van der Waals surface area contributed by atoms with Crippen LogP contribution in [-0.4, -0.2) is 26.7 Å². The van der Waals surface area contributed by atoms with Crippen LogP contribution in [0, 0.1) is 0 Å². The summed E-state index contributed by atoms with van der Waals surface area (Å²) in [5.41, 5.74) is 0. The molecule has 2 unspecified atom stereocenters. The minimum absolute atomic E-state index is 0.542. The maximum Gasteiger partial charge on any atom is 0.503 e. The van der Waals surface area contributed by atoms with E-state index in [1.54, 1.807) is 0 Å². The van der Waals surface area contributed by atoms with Crippen molar-refractivity contribution in [1.82, 2.24) is 0 Å². The van der Waals surface area contributed by atoms with Crippen LogP contribution in [-0.2, 0) is 0 Å². The Morgan fingerprint density at radius 3 is 0.800 bits per heavy atom. The van der Waals surface area contributed by atoms with E-state index >= 15 is 0 Å². The van der Waals surface area contributed by atoms with E-state index in [2.05, 4.69) is 60.0 Å². The number of rotatable bonds is 6. The molecule has 124 valence electrons. The first-order valence-corrected chi connectivity index (χ1v) is 8.75. The van der Waals surface area contributed by atoms with E-state index in [9.17, 15) is 0 Å². The Kier molecular flexibility index (Phi) is 17.7. The van der Waals surface area contributed by atoms with E-state index in [0.717, 1.165) is 0 Å². The van der Waals surface area contributed by atoms with Crippen molar-refractivity contribution in [2.45, 2.75) is 90.4 Å². The maximum absolute atomic E-state index is 8.56. The van der Waals surface area contributed by atoms with Gasteiger partial charge in [-0.05, 0) is 48.8 Å². The third-order valence-electron chi connectivity index (χ3n) is 4.22. The van der Waals surface area contributed by atoms with Gasteiger partial charge in [0.1, 0.15) is 0 Å². The number of carbonyl (C=O) groups is 1. The Morgan fingerprint density at radius 2 is 0.800 bits per heavy atom. The lowest BCUT2D eigenvalue weighted by Gasteiger charge is -2.23. The van der Waals surface area contributed by atoms with E-state index < -0.39 is 6.16 Å². The monoisotopic (exact) mass is 326 g/mol. The van der Waals surface area contributed by atoms with Crippen molar-refractivity contribution in [3.05, 3.63) is 0 Å². The molecule has 0 aromatic heterocycles. The Morgan fingerprint density at radius 1 is 0.700 bits per heavy atom. The summed E-state index contributed by atoms with van der Waals surface area (Å²) in [5, 5.41) is 15.0. The largest absolute Gasteiger partial charge is 0.503 e. The van der Waals surface area contributed by atoms with Gasteiger partial charge in [-0.2, -0.15) is 0 Å². The molecule has 2 N–H and O–H groups in total. The molecule has 0 aliphatic rings. The predicted octanol–water partition coefficient (Wildman–Crippen LogP) is 5.88. The topological polar surface area (TPSA) is 57.5 Å². The lowest BCUT2D eigenvalue weighted by molar-refractivity contribution is 0.137. The van der Waals surface area contributed by atoms with Gasteiger partial charge in [-0.1, -0.05) is 41.5 Å². The molecule has 0 bridgehead atoms. The Hall–Kier alpha value is 0.130. The molecule has 2 atom stereocenters. The molecule has 0 aliphatic carbocycles. The fourth-order valence-corrected chi connectivity index (χ4v) is 1.50. The van der Waals surface area contributed by atoms with Crippen LogP contribution in [0.1, 0.15) is 80.1 Å². The van der Waals surface area contributed by atoms with Crippen LogP contribution in [0.15, 0.2) is 0 Å². The van der Waals surface area contributed by atoms with Crippen LogP contribution in [0.2, 0.25) is 0 Å². The maximum atomic E-state index is 8.56. The van der Waals surface area contributed by atoms with Crippen molar-refractivity contribution in [2.75, 3.05) is 0 Å². The number of carboxylic acid groups (broad SMARTS) is 2. The van der Waals surface area contributed by atoms with E-state index in [4.69, 9.17) is 15.0 Å². The van der Waals surface area contributed by atoms with Gasteiger partial charge in [0.2, 0.25) is 0 Å². The highest BCUT2D eigenvalue weighted by Crippen LogP contribution is 2.30. The first kappa shape index (κ1) is 25.1. The molecular formula is C15H36O3P2. The molecule has 0 aliphatic heterocycles. The standard InChI is InChI=1S/2C7H17P.CH2O3/c2*1-4-7(8,5-2)6-3;2-1(3)4/h2*4-6,8H2,1-3H3;(H2,2,3,4). The average molecular weight is 326 g/mol. The SMILES string of the molecule is CCC(P)(CC)CC.CCC(P)(CC)CC.O=C(O)O. The van der Waals surface area contributed by atoms with Gasteiger partial charge in [-0.3, -0.25) is 0 Å². The van der Waals surface area contributed by atoms with Crippen LogP contribution in [0.25, 0.3) is 0 Å². The summed E-state index contributed by atoms with van der Waals surface area (Å²) in [4.78, 5) is 8.56. The van der Waals surface area contributed by atoms with Crippen molar-refractivity contribution in [2.24, 2.45) is 0 Å². The quantitative estimate of drug-likeness (QED) is 0.599. The molecule has 0 heterocycles. The zero-order chi connectivity index (χ0) is 16.8. The summed E-state index contributed by atoms with van der Waals surface area (Å²) in [6, 6.07) is 0. The second-order valence-electron chi connectivity index (χ2n) is 5.13. The van der Waals surface area contributed by atoms with E-state index in [1.165, 1.54) is 38.5 Å². The van der Waals surface area contributed by atoms with Gasteiger partial charge in [0.05, 0.1) is 0 Å². The molecule has 20 heavy (non-hydrogen) atoms. The summed E-state index contributed by atoms with van der Waals surface area (Å²) in [5.74, 6) is 0. The lowest BCUT2D eigenvalue weighted by Crippen LogP contribution is -2.15. The summed E-state index contributed by atoms with van der Waals surface area (Å²) >= 11 is 0. The molecule has 0 radical (unpaired) electrons. The Bertz CT molecular complexity index is 187. The molecule has 0 spiro atoms. The van der Waals surface area contributed by atoms with Crippen molar-refractivity contribution < 1.29 is 15.0 Å². The van der Waals surface area contributed by atoms with Gasteiger partial charge in [-0.25, -0.2) is 4.79 Å². The minimum atomic E-state index is -1.83. The highest BCUT2D eigenvalue weighted by Gasteiger charge is 2.16. The number of hydrogen-bond acceptors (Lipinski definition) is 1. The first-order chi connectivity index (χ1) is 9.10. The van der Waals surface area contributed by atoms with Gasteiger partial charge < -0.3 is 10.2 Å². The molecule has 0 saturated carbocycles. The van der Waals surface area contributed by atoms with Crippen LogP contribution in [0.3, 0.4) is 0 Å². The summed E-state index contributed by atoms with van der Waals surface area (Å²) < 4.78 is 0. The Labute approximate surface area is 130 Å². The Balaban J connectivity index is -0.000000230. The van der Waals surface area contributed by atoms with Gasteiger partial charge in [0, 0.05) is 0 Å². The van der Waals surface area contributed by atoms with Gasteiger partial charge >= 0.3 is 6.16 Å². The highest BCUT2D eigenvalue weighted by molar-refractivity contribution is 7.19. The van der Waals surface area contributed by atoms with Crippen molar-refractivity contribution in [3.63, 3.8) is 0 Å². The molecule has 0 saturated heterocycles. The van der Waals surface area contributed by atoms with Gasteiger partial charge in [-0.15, -0.1) is 18.5 Å². The molecule has 0 aromatic rings. The fraction of sp³-hybridized carbons (Fsp3) is 0.933. The molecule has 0 fully saturated rings. The zero-order valence-corrected chi connectivity index (χ0v) is 16.5. The molecule has 3 nitrogen and oxygen atoms in total. The molecule has 0 aromatic carbocycles. The molecule has 0 rings (SSSR count). The third-order valence-corrected chi connectivity index (χ3v) is 6.67. The molecular weight excluding hydrogens is 290 g/mol. The predicted molar refractivity (Wildman–Crippen MR) is 97.3 cm³/mol. The molecule has 0 amide bonds. The average Bonchev–Trinajstić information content (AvgIpc) is 2.45. The molecule has 5 heteroatoms. The smallest absolute Gasteiger partial charge is 0.450 e. The van der Waals surface area contributed by atoms with Gasteiger partial charge in [0.25, 0.3) is 0 Å². The van der Waals surface area contributed by atoms with Crippen molar-refractivity contribution in [3.8, 4) is 0 Å². The van der Waals surface area contributed by atoms with Crippen LogP contribution < -0.4 is 0 Å². The van der Waals surface area contributed by atoms with E-state index in [-0.39, 0.29) is 0 Å². The van der Waals surface area contributed by atoms with Gasteiger partial charge in [0.15, 0.2) is 0 Å². The number of hydrogen-bond donors (Lipinski definition) is 2. The van der Waals surface area contributed by atoms with Crippen LogP contribution in [0.5, 0.6) is 0 Å². The first-order valence-electron chi connectivity index (χ1n) is 7.59. The second kappa shape index (κ2) is 14.1. The minimum Gasteiger partial charge on any atom is -0.450 e. The summed E-state index contributed by atoms with van der Waals surface area (Å²) in [6.45, 7) is 13.5. The third kappa shape index (κ3) is 16.2. The van der Waals surface area contributed by atoms with E-state index in [0.29, 0.717) is 10.3 Å². The van der Waals surface area contributed by atoms with Crippen LogP contribution >= 0.6 is 18.5 Å². The fourth-order valence-electron chi connectivity index (χ4n) is 1.50. The summed E-state index contributed by atoms with van der Waals surface area (Å²) in [7, 11) is 5.89. The van der Waals surface area contributed by atoms with E-state index in [1.807, 2.05) is 0 Å². The van der Waals surface area contributed by atoms with Crippen molar-refractivity contribution in [1.29, 1.82) is 0 Å². The summed E-state index contributed by atoms with van der Waals surface area (Å²) in [6.07, 6.45) is 5.86. The van der Waals surface area contributed by atoms with Crippen molar-refractivity contribution >= 4 is 24.6 Å². The second-order valence-corrected chi connectivity index (χ2v) is 7.58. The zero-order valence-electron chi connectivity index (χ0n) is 14.2. The lowest BCUT2D eigenvalue weighted by atomic mass is 9.99. The highest BCUT2D eigenvalue weighted by atomic mass is 31.0. The normalized spacial score (nSPS) is 10.8. The van der Waals surface area contributed by atoms with Crippen LogP contribution in [0.4, 0.5) is 4.79 Å².